The highest BCUT2D eigenvalue weighted by Crippen LogP contribution is 2.25. The molecule has 0 heterocycles. The number of aliphatic hydroxyl groups is 2. The van der Waals surface area contributed by atoms with Crippen LogP contribution in [0.15, 0.2) is 115 Å². The summed E-state index contributed by atoms with van der Waals surface area (Å²) in [6.07, 6.45) is -2.19. The number of aliphatic hydroxyl groups excluding tert-OH is 2. The van der Waals surface area contributed by atoms with Gasteiger partial charge in [0.25, 0.3) is 0 Å². The van der Waals surface area contributed by atoms with Crippen molar-refractivity contribution in [1.29, 1.82) is 0 Å². The Hall–Kier alpha value is -4.54. The average Bonchev–Trinajstić information content (AvgIpc) is 3.04. The quantitative estimate of drug-likeness (QED) is 0.138. The van der Waals surface area contributed by atoms with Crippen LogP contribution in [0.2, 0.25) is 0 Å². The van der Waals surface area contributed by atoms with Gasteiger partial charge < -0.3 is 10.2 Å². The Labute approximate surface area is 273 Å². The molecule has 0 fully saturated rings. The number of carbonyl (C=O) groups is 2. The number of hydrogen-bond acceptors (Lipinski definition) is 5. The summed E-state index contributed by atoms with van der Waals surface area (Å²) in [5.41, 5.74) is 8.43. The number of hydrogen-bond donors (Lipinski definition) is 2. The van der Waals surface area contributed by atoms with Crippen LogP contribution in [0.1, 0.15) is 77.4 Å². The van der Waals surface area contributed by atoms with Crippen molar-refractivity contribution in [2.75, 3.05) is 0 Å². The van der Waals surface area contributed by atoms with E-state index in [9.17, 15) is 24.4 Å². The van der Waals surface area contributed by atoms with Crippen LogP contribution in [0.25, 0.3) is 0 Å². The monoisotopic (exact) mass is 632 g/mol. The van der Waals surface area contributed by atoms with Gasteiger partial charge in [-0.05, 0) is 87.1 Å². The third-order valence-corrected chi connectivity index (χ3v) is 7.94. The van der Waals surface area contributed by atoms with E-state index in [0.717, 1.165) is 38.7 Å². The molecule has 0 bridgehead atoms. The van der Waals surface area contributed by atoms with E-state index >= 15 is 0 Å². The second-order valence-electron chi connectivity index (χ2n) is 11.3. The van der Waals surface area contributed by atoms with Gasteiger partial charge in [-0.3, -0.25) is 14.2 Å². The molecule has 5 aromatic rings. The molecule has 2 N–H and O–H groups in total. The molecule has 5 rings (SSSR count). The molecule has 236 valence electrons. The van der Waals surface area contributed by atoms with Crippen molar-refractivity contribution in [1.82, 2.24) is 0 Å². The number of Topliss-reactive ketones (excluding diaryl/α,β-unsaturated/α-hetero) is 2. The van der Waals surface area contributed by atoms with Gasteiger partial charge in [-0.2, -0.15) is 0 Å². The highest BCUT2D eigenvalue weighted by molar-refractivity contribution is 7.34. The Morgan fingerprint density at radius 3 is 1.04 bits per heavy atom. The smallest absolute Gasteiger partial charge is 0.196 e. The summed E-state index contributed by atoms with van der Waals surface area (Å²) in [5, 5.41) is 21.2. The van der Waals surface area contributed by atoms with Crippen LogP contribution in [-0.4, -0.2) is 21.8 Å². The van der Waals surface area contributed by atoms with Crippen LogP contribution < -0.4 is 5.30 Å². The Bertz CT molecular complexity index is 1610. The molecule has 0 aliphatic rings. The summed E-state index contributed by atoms with van der Waals surface area (Å²) in [4.78, 5) is 24.9. The fraction of sp³-hybridized carbons (Fsp3) is 0.200. The lowest BCUT2D eigenvalue weighted by atomic mass is 9.92. The van der Waals surface area contributed by atoms with E-state index in [1.807, 2.05) is 133 Å². The van der Waals surface area contributed by atoms with Gasteiger partial charge in [-0.25, -0.2) is 0 Å². The molecule has 0 amide bonds. The van der Waals surface area contributed by atoms with Gasteiger partial charge in [0.2, 0.25) is 0 Å². The molecule has 0 aromatic heterocycles. The molecule has 0 saturated heterocycles. The van der Waals surface area contributed by atoms with Crippen molar-refractivity contribution in [3.8, 4) is 0 Å². The number of carbonyl (C=O) groups excluding carboxylic acids is 2. The molecule has 0 radical (unpaired) electrons. The van der Waals surface area contributed by atoms with Crippen LogP contribution in [0.4, 0.5) is 0 Å². The maximum absolute atomic E-state index is 12.4. The summed E-state index contributed by atoms with van der Waals surface area (Å²) in [6, 6.07) is 35.2. The van der Waals surface area contributed by atoms with Crippen molar-refractivity contribution in [3.05, 3.63) is 171 Å². The minimum absolute atomic E-state index is 0.0994. The fourth-order valence-electron chi connectivity index (χ4n) is 5.47. The van der Waals surface area contributed by atoms with E-state index in [1.54, 1.807) is 24.3 Å². The van der Waals surface area contributed by atoms with Crippen molar-refractivity contribution in [3.63, 3.8) is 0 Å². The maximum atomic E-state index is 12.4. The predicted molar refractivity (Wildman–Crippen MR) is 186 cm³/mol. The number of aryl methyl sites for hydroxylation is 6. The second kappa shape index (κ2) is 17.2. The van der Waals surface area contributed by atoms with E-state index in [4.69, 9.17) is 0 Å². The number of benzene rings is 5. The summed E-state index contributed by atoms with van der Waals surface area (Å²) in [5.74, 6) is -0.470. The summed E-state index contributed by atoms with van der Waals surface area (Å²) >= 11 is 0. The van der Waals surface area contributed by atoms with Gasteiger partial charge in [0.05, 0.1) is 0 Å². The third kappa shape index (κ3) is 9.73. The van der Waals surface area contributed by atoms with Crippen LogP contribution in [0.5, 0.6) is 0 Å². The zero-order valence-electron chi connectivity index (χ0n) is 27.2. The molecule has 6 heteroatoms. The van der Waals surface area contributed by atoms with Crippen molar-refractivity contribution in [2.24, 2.45) is 0 Å². The molecule has 0 saturated carbocycles. The first-order valence-electron chi connectivity index (χ1n) is 15.0. The van der Waals surface area contributed by atoms with E-state index < -0.39 is 12.2 Å². The molecule has 0 aliphatic carbocycles. The molecule has 5 aromatic carbocycles. The number of ketones is 2. The highest BCUT2D eigenvalue weighted by Gasteiger charge is 2.23. The standard InChI is InChI=1S/2C17H18O2.C6H5OP/c2*1-11-9-12(2)15(13(3)10-11)17(19)16(18)14-7-5-4-6-8-14;7-8-6-4-2-1-3-5-6/h2*4-10,16,18H,1-3H3;1-5H. The van der Waals surface area contributed by atoms with Crippen molar-refractivity contribution >= 4 is 25.3 Å². The van der Waals surface area contributed by atoms with Gasteiger partial charge in [0, 0.05) is 16.4 Å². The van der Waals surface area contributed by atoms with Crippen LogP contribution in [0.3, 0.4) is 0 Å². The molecule has 0 aliphatic heterocycles. The first-order valence-corrected chi connectivity index (χ1v) is 15.8. The van der Waals surface area contributed by atoms with Crippen LogP contribution >= 0.6 is 8.46 Å². The van der Waals surface area contributed by atoms with Crippen molar-refractivity contribution < 1.29 is 24.4 Å². The lowest BCUT2D eigenvalue weighted by Crippen LogP contribution is -2.15. The second-order valence-corrected chi connectivity index (χ2v) is 12.0. The van der Waals surface area contributed by atoms with E-state index in [1.165, 1.54) is 0 Å². The van der Waals surface area contributed by atoms with Gasteiger partial charge in [0.1, 0.15) is 12.2 Å². The molecule has 2 atom stereocenters. The van der Waals surface area contributed by atoms with Gasteiger partial charge in [-0.1, -0.05) is 114 Å². The zero-order valence-corrected chi connectivity index (χ0v) is 28.1. The van der Waals surface area contributed by atoms with Crippen molar-refractivity contribution in [2.45, 2.75) is 53.8 Å². The molecule has 0 spiro atoms. The maximum Gasteiger partial charge on any atom is 0.196 e. The minimum atomic E-state index is -1.10. The first kappa shape index (κ1) is 35.9. The summed E-state index contributed by atoms with van der Waals surface area (Å²) < 4.78 is 10.1. The van der Waals surface area contributed by atoms with Crippen LogP contribution in [-0.2, 0) is 4.57 Å². The normalized spacial score (nSPS) is 11.7. The SMILES string of the molecule is Cc1cc(C)c(C(=O)C(O)c2ccccc2)c(C)c1.Cc1cc(C)c(C(=O)C(O)c2ccccc2)c(C)c1.O=Pc1ccccc1. The Morgan fingerprint density at radius 2 is 0.783 bits per heavy atom. The molecule has 2 unspecified atom stereocenters. The topological polar surface area (TPSA) is 91.7 Å². The molecule has 46 heavy (non-hydrogen) atoms. The molecular weight excluding hydrogens is 591 g/mol. The molecule has 5 nitrogen and oxygen atoms in total. The minimum Gasteiger partial charge on any atom is -0.380 e. The van der Waals surface area contributed by atoms with Gasteiger partial charge in [-0.15, -0.1) is 0 Å². The van der Waals surface area contributed by atoms with Gasteiger partial charge >= 0.3 is 0 Å². The lowest BCUT2D eigenvalue weighted by molar-refractivity contribution is 0.0742. The summed E-state index contributed by atoms with van der Waals surface area (Å²) in [6.45, 7) is 11.6. The van der Waals surface area contributed by atoms with E-state index in [0.29, 0.717) is 22.3 Å². The summed E-state index contributed by atoms with van der Waals surface area (Å²) in [7, 11) is 0.0994. The Morgan fingerprint density at radius 1 is 0.500 bits per heavy atom. The number of rotatable bonds is 7. The first-order chi connectivity index (χ1) is 21.9. The van der Waals surface area contributed by atoms with E-state index in [-0.39, 0.29) is 20.0 Å². The average molecular weight is 633 g/mol. The fourth-order valence-corrected chi connectivity index (χ4v) is 5.77. The lowest BCUT2D eigenvalue weighted by Gasteiger charge is -2.14. The molecular formula is C40H41O5P. The third-order valence-electron chi connectivity index (χ3n) is 7.44. The Kier molecular flexibility index (Phi) is 13.5. The van der Waals surface area contributed by atoms with E-state index in [2.05, 4.69) is 0 Å². The Balaban J connectivity index is 0.000000203. The van der Waals surface area contributed by atoms with Crippen LogP contribution in [0, 0.1) is 41.5 Å². The highest BCUT2D eigenvalue weighted by atomic mass is 31.1. The zero-order chi connectivity index (χ0) is 33.8. The largest absolute Gasteiger partial charge is 0.380 e. The van der Waals surface area contributed by atoms with Gasteiger partial charge in [0.15, 0.2) is 20.0 Å². The predicted octanol–water partition coefficient (Wildman–Crippen LogP) is 8.66.